The van der Waals surface area contributed by atoms with Crippen molar-refractivity contribution in [1.82, 2.24) is 0 Å². The first-order valence-electron chi connectivity index (χ1n) is 4.85. The van der Waals surface area contributed by atoms with Crippen molar-refractivity contribution in [3.8, 4) is 0 Å². The van der Waals surface area contributed by atoms with Gasteiger partial charge in [-0.2, -0.15) is 0 Å². The highest BCUT2D eigenvalue weighted by Gasteiger charge is 2.19. The molecule has 2 N–H and O–H groups in total. The lowest BCUT2D eigenvalue weighted by atomic mass is 10.1. The fraction of sp³-hybridized carbons (Fsp3) is 0.273. The number of benzene rings is 1. The van der Waals surface area contributed by atoms with Crippen molar-refractivity contribution in [2.45, 2.75) is 19.4 Å². The molecule has 1 aromatic rings. The number of carbonyl (C=O) groups is 2. The van der Waals surface area contributed by atoms with E-state index in [-0.39, 0.29) is 11.9 Å². The molecule has 0 saturated heterocycles. The third-order valence-corrected chi connectivity index (χ3v) is 2.38. The Balaban J connectivity index is 2.50. The number of para-hydroxylation sites is 1. The number of hydrogen-bond acceptors (Lipinski definition) is 3. The number of carbonyl (C=O) groups excluding carboxylic acids is 2. The number of hydrogen-bond donors (Lipinski definition) is 2. The lowest BCUT2D eigenvalue weighted by molar-refractivity contribution is -0.116. The summed E-state index contributed by atoms with van der Waals surface area (Å²) in [5.41, 5.74) is 1.96. The lowest BCUT2D eigenvalue weighted by Crippen LogP contribution is -2.19. The van der Waals surface area contributed by atoms with Crippen LogP contribution in [0.5, 0.6) is 0 Å². The second-order valence-electron chi connectivity index (χ2n) is 3.69. The van der Waals surface area contributed by atoms with Crippen LogP contribution >= 0.6 is 0 Å². The van der Waals surface area contributed by atoms with Gasteiger partial charge in [-0.3, -0.25) is 9.59 Å². The molecule has 0 saturated carbocycles. The standard InChI is InChI=1S/C11H12N2O2/c1-7-5-10(15)13-9-4-2-3-8(6-14)11(9)12-7/h2-4,6-7,12H,5H2,1H3,(H,13,15). The van der Waals surface area contributed by atoms with Gasteiger partial charge >= 0.3 is 0 Å². The third-order valence-electron chi connectivity index (χ3n) is 2.38. The molecule has 0 aromatic heterocycles. The SMILES string of the molecule is CC1CC(=O)Nc2cccc(C=O)c2N1. The van der Waals surface area contributed by atoms with Gasteiger partial charge < -0.3 is 10.6 Å². The van der Waals surface area contributed by atoms with Crippen LogP contribution in [0, 0.1) is 0 Å². The van der Waals surface area contributed by atoms with Crippen LogP contribution in [-0.2, 0) is 4.79 Å². The molecule has 1 atom stereocenters. The highest BCUT2D eigenvalue weighted by atomic mass is 16.1. The Hall–Kier alpha value is -1.84. The van der Waals surface area contributed by atoms with Crippen LogP contribution in [-0.4, -0.2) is 18.2 Å². The van der Waals surface area contributed by atoms with Crippen LogP contribution in [0.25, 0.3) is 0 Å². The van der Waals surface area contributed by atoms with Crippen molar-refractivity contribution < 1.29 is 9.59 Å². The molecule has 1 amide bonds. The number of nitrogens with one attached hydrogen (secondary N) is 2. The first-order chi connectivity index (χ1) is 7.20. The molecule has 15 heavy (non-hydrogen) atoms. The minimum Gasteiger partial charge on any atom is -0.380 e. The topological polar surface area (TPSA) is 58.2 Å². The molecule has 0 bridgehead atoms. The van der Waals surface area contributed by atoms with E-state index in [1.807, 2.05) is 6.92 Å². The van der Waals surface area contributed by atoms with Crippen LogP contribution in [0.4, 0.5) is 11.4 Å². The number of aldehydes is 1. The normalized spacial score (nSPS) is 19.5. The predicted octanol–water partition coefficient (Wildman–Crippen LogP) is 1.64. The van der Waals surface area contributed by atoms with Gasteiger partial charge in [0.05, 0.1) is 11.4 Å². The summed E-state index contributed by atoms with van der Waals surface area (Å²) in [4.78, 5) is 22.2. The molecule has 0 aliphatic carbocycles. The van der Waals surface area contributed by atoms with Crippen molar-refractivity contribution in [3.63, 3.8) is 0 Å². The number of fused-ring (bicyclic) bond motifs is 1. The molecule has 0 spiro atoms. The fourth-order valence-corrected chi connectivity index (χ4v) is 1.71. The summed E-state index contributed by atoms with van der Waals surface area (Å²) in [5, 5.41) is 5.92. The number of rotatable bonds is 1. The second kappa shape index (κ2) is 3.73. The maximum Gasteiger partial charge on any atom is 0.226 e. The molecule has 1 heterocycles. The molecule has 2 rings (SSSR count). The summed E-state index contributed by atoms with van der Waals surface area (Å²) in [6.45, 7) is 1.91. The van der Waals surface area contributed by atoms with E-state index >= 15 is 0 Å². The molecular weight excluding hydrogens is 192 g/mol. The molecule has 4 heteroatoms. The van der Waals surface area contributed by atoms with Crippen LogP contribution in [0.15, 0.2) is 18.2 Å². The van der Waals surface area contributed by atoms with Crippen LogP contribution in [0.2, 0.25) is 0 Å². The Labute approximate surface area is 87.7 Å². The molecule has 0 radical (unpaired) electrons. The van der Waals surface area contributed by atoms with Gasteiger partial charge in [-0.05, 0) is 19.1 Å². The highest BCUT2D eigenvalue weighted by Crippen LogP contribution is 2.28. The number of anilines is 2. The molecule has 1 aromatic carbocycles. The van der Waals surface area contributed by atoms with Gasteiger partial charge in [0.25, 0.3) is 0 Å². The molecule has 1 aliphatic heterocycles. The maximum absolute atomic E-state index is 11.4. The monoisotopic (exact) mass is 204 g/mol. The minimum absolute atomic E-state index is 0.0307. The fourth-order valence-electron chi connectivity index (χ4n) is 1.71. The number of amides is 1. The first-order valence-corrected chi connectivity index (χ1v) is 4.85. The van der Waals surface area contributed by atoms with E-state index < -0.39 is 0 Å². The molecule has 4 nitrogen and oxygen atoms in total. The van der Waals surface area contributed by atoms with Gasteiger partial charge in [0.1, 0.15) is 0 Å². The molecule has 1 aliphatic rings. The average molecular weight is 204 g/mol. The van der Waals surface area contributed by atoms with Crippen LogP contribution < -0.4 is 10.6 Å². The van der Waals surface area contributed by atoms with Crippen molar-refractivity contribution in [2.24, 2.45) is 0 Å². The van der Waals surface area contributed by atoms with Gasteiger partial charge in [0.2, 0.25) is 5.91 Å². The summed E-state index contributed by atoms with van der Waals surface area (Å²) >= 11 is 0. The zero-order valence-electron chi connectivity index (χ0n) is 8.41. The van der Waals surface area contributed by atoms with Crippen molar-refractivity contribution in [3.05, 3.63) is 23.8 Å². The molecular formula is C11H12N2O2. The van der Waals surface area contributed by atoms with Crippen molar-refractivity contribution >= 4 is 23.6 Å². The smallest absolute Gasteiger partial charge is 0.226 e. The molecule has 78 valence electrons. The van der Waals surface area contributed by atoms with E-state index in [1.54, 1.807) is 18.2 Å². The Bertz CT molecular complexity index is 415. The third kappa shape index (κ3) is 1.83. The lowest BCUT2D eigenvalue weighted by Gasteiger charge is -2.13. The zero-order chi connectivity index (χ0) is 10.8. The van der Waals surface area contributed by atoms with Crippen LogP contribution in [0.1, 0.15) is 23.7 Å². The van der Waals surface area contributed by atoms with Gasteiger partial charge in [0, 0.05) is 18.0 Å². The molecule has 0 fully saturated rings. The summed E-state index contributed by atoms with van der Waals surface area (Å²) < 4.78 is 0. The molecule has 1 unspecified atom stereocenters. The Morgan fingerprint density at radius 3 is 3.00 bits per heavy atom. The quantitative estimate of drug-likeness (QED) is 0.684. The Morgan fingerprint density at radius 2 is 2.27 bits per heavy atom. The van der Waals surface area contributed by atoms with Gasteiger partial charge in [0.15, 0.2) is 6.29 Å². The predicted molar refractivity (Wildman–Crippen MR) is 58.2 cm³/mol. The largest absolute Gasteiger partial charge is 0.380 e. The van der Waals surface area contributed by atoms with E-state index in [9.17, 15) is 9.59 Å². The van der Waals surface area contributed by atoms with Crippen molar-refractivity contribution in [1.29, 1.82) is 0 Å². The van der Waals surface area contributed by atoms with E-state index in [0.29, 0.717) is 23.4 Å². The summed E-state index contributed by atoms with van der Waals surface area (Å²) in [6, 6.07) is 5.29. The van der Waals surface area contributed by atoms with E-state index in [2.05, 4.69) is 10.6 Å². The van der Waals surface area contributed by atoms with E-state index in [1.165, 1.54) is 0 Å². The maximum atomic E-state index is 11.4. The van der Waals surface area contributed by atoms with Gasteiger partial charge in [-0.1, -0.05) is 6.07 Å². The van der Waals surface area contributed by atoms with Gasteiger partial charge in [-0.25, -0.2) is 0 Å². The minimum atomic E-state index is -0.0307. The summed E-state index contributed by atoms with van der Waals surface area (Å²) in [7, 11) is 0. The summed E-state index contributed by atoms with van der Waals surface area (Å²) in [6.07, 6.45) is 1.20. The zero-order valence-corrected chi connectivity index (χ0v) is 8.41. The first kappa shape index (κ1) is 9.71. The van der Waals surface area contributed by atoms with Crippen LogP contribution in [0.3, 0.4) is 0 Å². The Kier molecular flexibility index (Phi) is 2.41. The van der Waals surface area contributed by atoms with E-state index in [4.69, 9.17) is 0 Å². The van der Waals surface area contributed by atoms with Gasteiger partial charge in [-0.15, -0.1) is 0 Å². The Morgan fingerprint density at radius 1 is 1.47 bits per heavy atom. The van der Waals surface area contributed by atoms with E-state index in [0.717, 1.165) is 6.29 Å². The summed E-state index contributed by atoms with van der Waals surface area (Å²) in [5.74, 6) is -0.0307. The second-order valence-corrected chi connectivity index (χ2v) is 3.69. The highest BCUT2D eigenvalue weighted by molar-refractivity contribution is 6.00. The van der Waals surface area contributed by atoms with Crippen molar-refractivity contribution in [2.75, 3.05) is 10.6 Å². The average Bonchev–Trinajstić information content (AvgIpc) is 2.33.